The van der Waals surface area contributed by atoms with E-state index in [-0.39, 0.29) is 11.9 Å². The second kappa shape index (κ2) is 5.57. The molecule has 2 aromatic rings. The number of carbonyl (C=O) groups excluding carboxylic acids is 1. The third kappa shape index (κ3) is 2.71. The van der Waals surface area contributed by atoms with Crippen LogP contribution in [0.25, 0.3) is 10.9 Å². The Hall–Kier alpha value is -1.61. The highest BCUT2D eigenvalue weighted by Gasteiger charge is 2.17. The van der Waals surface area contributed by atoms with Gasteiger partial charge < -0.3 is 9.72 Å². The zero-order valence-corrected chi connectivity index (χ0v) is 11.0. The third-order valence-corrected chi connectivity index (χ3v) is 3.86. The molecule has 1 saturated heterocycles. The van der Waals surface area contributed by atoms with Crippen LogP contribution in [0.3, 0.4) is 0 Å². The number of aromatic amines is 1. The van der Waals surface area contributed by atoms with Gasteiger partial charge in [0.2, 0.25) is 0 Å². The Morgan fingerprint density at radius 2 is 2.21 bits per heavy atom. The minimum Gasteiger partial charge on any atom is -0.378 e. The van der Waals surface area contributed by atoms with E-state index >= 15 is 0 Å². The molecule has 0 bridgehead atoms. The number of nitrogens with one attached hydrogen (secondary N) is 1. The molecule has 1 aliphatic heterocycles. The van der Waals surface area contributed by atoms with Crippen molar-refractivity contribution < 1.29 is 9.53 Å². The van der Waals surface area contributed by atoms with Crippen LogP contribution in [0.2, 0.25) is 0 Å². The lowest BCUT2D eigenvalue weighted by atomic mass is 10.00. The van der Waals surface area contributed by atoms with Gasteiger partial charge in [-0.05, 0) is 31.7 Å². The Labute approximate surface area is 113 Å². The van der Waals surface area contributed by atoms with Gasteiger partial charge in [0.25, 0.3) is 0 Å². The number of rotatable bonds is 4. The van der Waals surface area contributed by atoms with Crippen molar-refractivity contribution in [3.63, 3.8) is 0 Å². The van der Waals surface area contributed by atoms with Crippen molar-refractivity contribution >= 4 is 16.7 Å². The minimum atomic E-state index is 0.214. The van der Waals surface area contributed by atoms with E-state index in [2.05, 4.69) is 4.98 Å². The highest BCUT2D eigenvalue weighted by atomic mass is 16.5. The lowest BCUT2D eigenvalue weighted by Gasteiger charge is -2.22. The molecule has 100 valence electrons. The maximum Gasteiger partial charge on any atom is 0.165 e. The minimum absolute atomic E-state index is 0.214. The normalized spacial score (nSPS) is 19.7. The quantitative estimate of drug-likeness (QED) is 0.848. The summed E-state index contributed by atoms with van der Waals surface area (Å²) >= 11 is 0. The van der Waals surface area contributed by atoms with E-state index in [1.807, 2.05) is 30.5 Å². The van der Waals surface area contributed by atoms with E-state index in [9.17, 15) is 4.79 Å². The molecule has 0 radical (unpaired) electrons. The Balaban J connectivity index is 1.66. The summed E-state index contributed by atoms with van der Waals surface area (Å²) in [5.41, 5.74) is 1.84. The number of benzene rings is 1. The Bertz CT molecular complexity index is 567. The Morgan fingerprint density at radius 3 is 3.05 bits per heavy atom. The van der Waals surface area contributed by atoms with E-state index < -0.39 is 0 Å². The van der Waals surface area contributed by atoms with Crippen LogP contribution in [-0.4, -0.2) is 23.5 Å². The summed E-state index contributed by atoms with van der Waals surface area (Å²) in [5, 5.41) is 1.03. The van der Waals surface area contributed by atoms with E-state index in [1.54, 1.807) is 0 Å². The van der Waals surface area contributed by atoms with Gasteiger partial charge in [-0.2, -0.15) is 0 Å². The number of H-pyrrole nitrogens is 1. The van der Waals surface area contributed by atoms with E-state index in [0.717, 1.165) is 42.3 Å². The summed E-state index contributed by atoms with van der Waals surface area (Å²) in [6.07, 6.45) is 7.02. The van der Waals surface area contributed by atoms with Gasteiger partial charge >= 0.3 is 0 Å². The molecule has 0 aliphatic carbocycles. The van der Waals surface area contributed by atoms with E-state index in [4.69, 9.17) is 4.74 Å². The summed E-state index contributed by atoms with van der Waals surface area (Å²) in [7, 11) is 0. The highest BCUT2D eigenvalue weighted by molar-refractivity contribution is 6.07. The zero-order chi connectivity index (χ0) is 13.1. The summed E-state index contributed by atoms with van der Waals surface area (Å²) in [6.45, 7) is 0.853. The fourth-order valence-electron chi connectivity index (χ4n) is 2.76. The van der Waals surface area contributed by atoms with Crippen LogP contribution in [0.1, 0.15) is 42.5 Å². The van der Waals surface area contributed by atoms with Gasteiger partial charge in [-0.1, -0.05) is 18.2 Å². The number of fused-ring (bicyclic) bond motifs is 1. The first-order valence-corrected chi connectivity index (χ1v) is 7.05. The molecule has 1 aromatic carbocycles. The van der Waals surface area contributed by atoms with Crippen molar-refractivity contribution in [3.05, 3.63) is 36.0 Å². The molecule has 3 rings (SSSR count). The monoisotopic (exact) mass is 257 g/mol. The first-order chi connectivity index (χ1) is 9.34. The molecule has 0 spiro atoms. The average Bonchev–Trinajstić information content (AvgIpc) is 2.90. The molecule has 1 unspecified atom stereocenters. The van der Waals surface area contributed by atoms with Crippen LogP contribution in [0.15, 0.2) is 30.5 Å². The maximum absolute atomic E-state index is 12.3. The van der Waals surface area contributed by atoms with Crippen molar-refractivity contribution in [2.75, 3.05) is 6.61 Å². The summed E-state index contributed by atoms with van der Waals surface area (Å²) in [4.78, 5) is 15.4. The van der Waals surface area contributed by atoms with E-state index in [1.165, 1.54) is 6.42 Å². The maximum atomic E-state index is 12.3. The van der Waals surface area contributed by atoms with Crippen LogP contribution >= 0.6 is 0 Å². The number of hydrogen-bond donors (Lipinski definition) is 1. The Morgan fingerprint density at radius 1 is 1.32 bits per heavy atom. The van der Waals surface area contributed by atoms with E-state index in [0.29, 0.717) is 6.42 Å². The van der Waals surface area contributed by atoms with Gasteiger partial charge in [-0.25, -0.2) is 0 Å². The topological polar surface area (TPSA) is 42.1 Å². The summed E-state index contributed by atoms with van der Waals surface area (Å²) in [5.74, 6) is 0.214. The number of aromatic nitrogens is 1. The van der Waals surface area contributed by atoms with Crippen molar-refractivity contribution in [3.8, 4) is 0 Å². The molecule has 1 N–H and O–H groups in total. The van der Waals surface area contributed by atoms with Crippen LogP contribution in [0, 0.1) is 0 Å². The summed E-state index contributed by atoms with van der Waals surface area (Å²) < 4.78 is 5.67. The van der Waals surface area contributed by atoms with Crippen molar-refractivity contribution in [1.29, 1.82) is 0 Å². The predicted octanol–water partition coefficient (Wildman–Crippen LogP) is 3.70. The molecule has 19 heavy (non-hydrogen) atoms. The zero-order valence-electron chi connectivity index (χ0n) is 11.0. The second-order valence-corrected chi connectivity index (χ2v) is 5.20. The molecular formula is C16H19NO2. The predicted molar refractivity (Wildman–Crippen MR) is 75.5 cm³/mol. The lowest BCUT2D eigenvalue weighted by Crippen LogP contribution is -2.19. The molecule has 3 heteroatoms. The van der Waals surface area contributed by atoms with Crippen molar-refractivity contribution in [2.45, 2.75) is 38.2 Å². The fourth-order valence-corrected chi connectivity index (χ4v) is 2.76. The van der Waals surface area contributed by atoms with Gasteiger partial charge in [-0.3, -0.25) is 4.79 Å². The van der Waals surface area contributed by atoms with Gasteiger partial charge in [0, 0.05) is 35.7 Å². The number of Topliss-reactive ketones (excluding diaryl/α,β-unsaturated/α-hetero) is 1. The molecule has 1 aromatic heterocycles. The largest absolute Gasteiger partial charge is 0.378 e. The molecule has 1 fully saturated rings. The average molecular weight is 257 g/mol. The lowest BCUT2D eigenvalue weighted by molar-refractivity contribution is 0.0104. The van der Waals surface area contributed by atoms with Gasteiger partial charge in [-0.15, -0.1) is 0 Å². The third-order valence-electron chi connectivity index (χ3n) is 3.86. The van der Waals surface area contributed by atoms with Crippen LogP contribution in [0.4, 0.5) is 0 Å². The molecule has 1 aliphatic rings. The first kappa shape index (κ1) is 12.4. The number of hydrogen-bond acceptors (Lipinski definition) is 2. The van der Waals surface area contributed by atoms with Crippen molar-refractivity contribution in [1.82, 2.24) is 4.98 Å². The molecule has 0 amide bonds. The van der Waals surface area contributed by atoms with Crippen LogP contribution < -0.4 is 0 Å². The Kier molecular flexibility index (Phi) is 3.65. The SMILES string of the molecule is O=C(CCC1CCCCO1)c1c[nH]c2ccccc12. The summed E-state index contributed by atoms with van der Waals surface area (Å²) in [6, 6.07) is 7.94. The smallest absolute Gasteiger partial charge is 0.165 e. The number of ketones is 1. The number of para-hydroxylation sites is 1. The second-order valence-electron chi connectivity index (χ2n) is 5.20. The molecule has 2 heterocycles. The van der Waals surface area contributed by atoms with Crippen molar-refractivity contribution in [2.24, 2.45) is 0 Å². The van der Waals surface area contributed by atoms with Crippen LogP contribution in [-0.2, 0) is 4.74 Å². The molecule has 0 saturated carbocycles. The van der Waals surface area contributed by atoms with Gasteiger partial charge in [0.15, 0.2) is 5.78 Å². The first-order valence-electron chi connectivity index (χ1n) is 7.05. The molecule has 1 atom stereocenters. The van der Waals surface area contributed by atoms with Gasteiger partial charge in [0.1, 0.15) is 0 Å². The molecular weight excluding hydrogens is 238 g/mol. The standard InChI is InChI=1S/C16H19NO2/c18-16(9-8-12-5-3-4-10-19-12)14-11-17-15-7-2-1-6-13(14)15/h1-2,6-7,11-12,17H,3-5,8-10H2. The number of carbonyl (C=O) groups is 1. The number of ether oxygens (including phenoxy) is 1. The highest BCUT2D eigenvalue weighted by Crippen LogP contribution is 2.22. The molecule has 3 nitrogen and oxygen atoms in total. The van der Waals surface area contributed by atoms with Crippen LogP contribution in [0.5, 0.6) is 0 Å². The fraction of sp³-hybridized carbons (Fsp3) is 0.438. The van der Waals surface area contributed by atoms with Gasteiger partial charge in [0.05, 0.1) is 6.10 Å².